The minimum Gasteiger partial charge on any atom is -0.356 e. The fourth-order valence-electron chi connectivity index (χ4n) is 1.73. The van der Waals surface area contributed by atoms with Crippen molar-refractivity contribution in [2.75, 3.05) is 13.1 Å². The minimum absolute atomic E-state index is 0.119. The monoisotopic (exact) mass is 237 g/mol. The van der Waals surface area contributed by atoms with Crippen molar-refractivity contribution in [3.05, 3.63) is 24.0 Å². The topological polar surface area (TPSA) is 46.1 Å². The fourth-order valence-corrected chi connectivity index (χ4v) is 1.73. The van der Waals surface area contributed by atoms with Gasteiger partial charge in [-0.2, -0.15) is 0 Å². The van der Waals surface area contributed by atoms with E-state index in [4.69, 9.17) is 0 Å². The highest BCUT2D eigenvalue weighted by molar-refractivity contribution is 5.75. The molecule has 0 fully saturated rings. The summed E-state index contributed by atoms with van der Waals surface area (Å²) in [6, 6.07) is 4.13. The van der Waals surface area contributed by atoms with Crippen LogP contribution in [0.3, 0.4) is 0 Å². The third-order valence-corrected chi connectivity index (χ3v) is 2.61. The van der Waals surface area contributed by atoms with Crippen molar-refractivity contribution in [1.29, 1.82) is 0 Å². The Hall–Kier alpha value is -1.29. The van der Waals surface area contributed by atoms with Gasteiger partial charge < -0.3 is 15.2 Å². The average molecular weight is 237 g/mol. The Morgan fingerprint density at radius 2 is 2.24 bits per heavy atom. The van der Waals surface area contributed by atoms with E-state index in [1.807, 2.05) is 19.2 Å². The largest absolute Gasteiger partial charge is 0.356 e. The smallest absolute Gasteiger partial charge is 0.221 e. The van der Waals surface area contributed by atoms with E-state index in [9.17, 15) is 4.79 Å². The zero-order chi connectivity index (χ0) is 12.5. The molecule has 0 aliphatic rings. The summed E-state index contributed by atoms with van der Waals surface area (Å²) in [5.41, 5.74) is 1.24. The van der Waals surface area contributed by atoms with Crippen LogP contribution in [0.1, 0.15) is 32.4 Å². The van der Waals surface area contributed by atoms with Gasteiger partial charge in [0.1, 0.15) is 0 Å². The number of rotatable bonds is 8. The Kier molecular flexibility index (Phi) is 6.40. The molecule has 1 aromatic heterocycles. The summed E-state index contributed by atoms with van der Waals surface area (Å²) in [4.78, 5) is 11.4. The molecular weight excluding hydrogens is 214 g/mol. The van der Waals surface area contributed by atoms with E-state index in [1.165, 1.54) is 5.69 Å². The van der Waals surface area contributed by atoms with Crippen molar-refractivity contribution in [2.24, 2.45) is 0 Å². The lowest BCUT2D eigenvalue weighted by molar-refractivity contribution is -0.121. The maximum absolute atomic E-state index is 11.4. The SMILES string of the molecule is CCCNCc1cccn1CCC(=O)NCC. The molecule has 0 bridgehead atoms. The standard InChI is InChI=1S/C13H23N3O/c1-3-8-14-11-12-6-5-9-16(12)10-7-13(17)15-4-2/h5-6,9,14H,3-4,7-8,10-11H2,1-2H3,(H,15,17). The number of aromatic nitrogens is 1. The van der Waals surface area contributed by atoms with E-state index < -0.39 is 0 Å². The molecule has 1 heterocycles. The van der Waals surface area contributed by atoms with Gasteiger partial charge >= 0.3 is 0 Å². The summed E-state index contributed by atoms with van der Waals surface area (Å²) in [5.74, 6) is 0.119. The highest BCUT2D eigenvalue weighted by Crippen LogP contribution is 2.03. The molecule has 1 rings (SSSR count). The lowest BCUT2D eigenvalue weighted by Crippen LogP contribution is -2.24. The quantitative estimate of drug-likeness (QED) is 0.673. The first-order valence-electron chi connectivity index (χ1n) is 6.39. The van der Waals surface area contributed by atoms with Crippen LogP contribution in [0.15, 0.2) is 18.3 Å². The van der Waals surface area contributed by atoms with E-state index >= 15 is 0 Å². The second-order valence-electron chi connectivity index (χ2n) is 4.07. The number of hydrogen-bond donors (Lipinski definition) is 2. The summed E-state index contributed by atoms with van der Waals surface area (Å²) in [6.07, 6.45) is 3.71. The molecule has 1 amide bonds. The Balaban J connectivity index is 2.37. The molecule has 2 N–H and O–H groups in total. The molecule has 0 radical (unpaired) electrons. The first-order chi connectivity index (χ1) is 8.27. The molecule has 0 saturated carbocycles. The van der Waals surface area contributed by atoms with E-state index in [0.29, 0.717) is 13.0 Å². The molecular formula is C13H23N3O. The van der Waals surface area contributed by atoms with E-state index in [0.717, 1.165) is 26.1 Å². The first kappa shape index (κ1) is 13.8. The molecule has 0 aliphatic heterocycles. The maximum Gasteiger partial charge on any atom is 0.221 e. The van der Waals surface area contributed by atoms with E-state index in [-0.39, 0.29) is 5.91 Å². The van der Waals surface area contributed by atoms with Crippen LogP contribution in [-0.4, -0.2) is 23.6 Å². The average Bonchev–Trinajstić information content (AvgIpc) is 2.75. The normalized spacial score (nSPS) is 10.5. The Bertz CT molecular complexity index is 333. The Labute approximate surface area is 103 Å². The van der Waals surface area contributed by atoms with E-state index in [2.05, 4.69) is 28.2 Å². The van der Waals surface area contributed by atoms with E-state index in [1.54, 1.807) is 0 Å². The van der Waals surface area contributed by atoms with Crippen molar-refractivity contribution >= 4 is 5.91 Å². The Morgan fingerprint density at radius 1 is 1.41 bits per heavy atom. The van der Waals surface area contributed by atoms with Gasteiger partial charge in [-0.15, -0.1) is 0 Å². The molecule has 4 heteroatoms. The van der Waals surface area contributed by atoms with Crippen LogP contribution in [0.2, 0.25) is 0 Å². The van der Waals surface area contributed by atoms with Gasteiger partial charge in [0.2, 0.25) is 5.91 Å². The summed E-state index contributed by atoms with van der Waals surface area (Å²) in [6.45, 7) is 7.45. The zero-order valence-corrected chi connectivity index (χ0v) is 10.8. The van der Waals surface area contributed by atoms with Gasteiger partial charge in [0.15, 0.2) is 0 Å². The fraction of sp³-hybridized carbons (Fsp3) is 0.615. The lowest BCUT2D eigenvalue weighted by Gasteiger charge is -2.09. The second-order valence-corrected chi connectivity index (χ2v) is 4.07. The number of nitrogens with zero attached hydrogens (tertiary/aromatic N) is 1. The van der Waals surface area contributed by atoms with Gasteiger partial charge in [-0.1, -0.05) is 6.92 Å². The molecule has 0 spiro atoms. The second kappa shape index (κ2) is 7.90. The first-order valence-corrected chi connectivity index (χ1v) is 6.39. The summed E-state index contributed by atoms with van der Waals surface area (Å²) in [5, 5.41) is 6.18. The van der Waals surface area contributed by atoms with Crippen LogP contribution in [0.4, 0.5) is 0 Å². The number of hydrogen-bond acceptors (Lipinski definition) is 2. The number of amides is 1. The number of nitrogens with one attached hydrogen (secondary N) is 2. The van der Waals surface area contributed by atoms with Crippen molar-refractivity contribution in [2.45, 2.75) is 39.8 Å². The van der Waals surface area contributed by atoms with Crippen molar-refractivity contribution in [3.63, 3.8) is 0 Å². The molecule has 0 aromatic carbocycles. The van der Waals surface area contributed by atoms with Gasteiger partial charge in [0.25, 0.3) is 0 Å². The molecule has 17 heavy (non-hydrogen) atoms. The minimum atomic E-state index is 0.119. The van der Waals surface area contributed by atoms with Crippen LogP contribution in [0.25, 0.3) is 0 Å². The van der Waals surface area contributed by atoms with Crippen LogP contribution in [0, 0.1) is 0 Å². The maximum atomic E-state index is 11.4. The van der Waals surface area contributed by atoms with Gasteiger partial charge in [0.05, 0.1) is 0 Å². The molecule has 0 aliphatic carbocycles. The molecule has 0 saturated heterocycles. The van der Waals surface area contributed by atoms with Crippen LogP contribution >= 0.6 is 0 Å². The van der Waals surface area contributed by atoms with Gasteiger partial charge in [-0.05, 0) is 32.0 Å². The molecule has 96 valence electrons. The molecule has 1 aromatic rings. The lowest BCUT2D eigenvalue weighted by atomic mass is 10.3. The summed E-state index contributed by atoms with van der Waals surface area (Å²) in [7, 11) is 0. The van der Waals surface area contributed by atoms with Gasteiger partial charge in [0, 0.05) is 37.9 Å². The van der Waals surface area contributed by atoms with Gasteiger partial charge in [-0.25, -0.2) is 0 Å². The van der Waals surface area contributed by atoms with Crippen molar-refractivity contribution in [3.8, 4) is 0 Å². The molecule has 0 unspecified atom stereocenters. The zero-order valence-electron chi connectivity index (χ0n) is 10.8. The highest BCUT2D eigenvalue weighted by Gasteiger charge is 2.03. The van der Waals surface area contributed by atoms with Crippen LogP contribution in [0.5, 0.6) is 0 Å². The van der Waals surface area contributed by atoms with Gasteiger partial charge in [-0.3, -0.25) is 4.79 Å². The predicted molar refractivity (Wildman–Crippen MR) is 69.7 cm³/mol. The third-order valence-electron chi connectivity index (χ3n) is 2.61. The predicted octanol–water partition coefficient (Wildman–Crippen LogP) is 1.51. The molecule has 4 nitrogen and oxygen atoms in total. The summed E-state index contributed by atoms with van der Waals surface area (Å²) >= 11 is 0. The number of aryl methyl sites for hydroxylation is 1. The van der Waals surface area contributed by atoms with Crippen LogP contribution in [-0.2, 0) is 17.9 Å². The summed E-state index contributed by atoms with van der Waals surface area (Å²) < 4.78 is 2.14. The number of carbonyl (C=O) groups is 1. The van der Waals surface area contributed by atoms with Crippen LogP contribution < -0.4 is 10.6 Å². The molecule has 0 atom stereocenters. The van der Waals surface area contributed by atoms with Crippen molar-refractivity contribution < 1.29 is 4.79 Å². The Morgan fingerprint density at radius 3 is 2.94 bits per heavy atom. The third kappa shape index (κ3) is 5.04. The highest BCUT2D eigenvalue weighted by atomic mass is 16.1. The van der Waals surface area contributed by atoms with Crippen molar-refractivity contribution in [1.82, 2.24) is 15.2 Å². The number of carbonyl (C=O) groups excluding carboxylic acids is 1.